The molecule has 0 atom stereocenters. The third-order valence-electron chi connectivity index (χ3n) is 3.90. The zero-order valence-electron chi connectivity index (χ0n) is 12.6. The van der Waals surface area contributed by atoms with Gasteiger partial charge in [0.05, 0.1) is 6.10 Å². The second kappa shape index (κ2) is 8.80. The number of benzene rings is 1. The van der Waals surface area contributed by atoms with Crippen molar-refractivity contribution in [2.45, 2.75) is 57.6 Å². The van der Waals surface area contributed by atoms with Crippen LogP contribution >= 0.6 is 0 Å². The molecule has 1 saturated carbocycles. The average molecular weight is 290 g/mol. The topological polar surface area (TPSA) is 64.3 Å². The van der Waals surface area contributed by atoms with Crippen molar-refractivity contribution >= 4 is 11.6 Å². The van der Waals surface area contributed by atoms with Crippen molar-refractivity contribution in [2.24, 2.45) is 5.73 Å². The molecule has 1 aromatic carbocycles. The SMILES string of the molecule is NCc1cccc(NC(=O)CCCOC2CCCCC2)c1. The van der Waals surface area contributed by atoms with Crippen LogP contribution in [0.4, 0.5) is 5.69 Å². The lowest BCUT2D eigenvalue weighted by atomic mass is 9.98. The third kappa shape index (κ3) is 5.86. The molecule has 3 N–H and O–H groups in total. The molecule has 2 rings (SSSR count). The molecule has 1 aromatic rings. The zero-order valence-corrected chi connectivity index (χ0v) is 12.6. The Morgan fingerprint density at radius 2 is 2.10 bits per heavy atom. The summed E-state index contributed by atoms with van der Waals surface area (Å²) in [5, 5.41) is 2.91. The first kappa shape index (κ1) is 16.0. The molecule has 0 radical (unpaired) electrons. The zero-order chi connectivity index (χ0) is 14.9. The van der Waals surface area contributed by atoms with Crippen LogP contribution in [0.2, 0.25) is 0 Å². The van der Waals surface area contributed by atoms with Gasteiger partial charge in [0.1, 0.15) is 0 Å². The molecule has 1 fully saturated rings. The van der Waals surface area contributed by atoms with Crippen LogP contribution < -0.4 is 11.1 Å². The highest BCUT2D eigenvalue weighted by Crippen LogP contribution is 2.20. The molecule has 0 saturated heterocycles. The van der Waals surface area contributed by atoms with Crippen LogP contribution in [-0.4, -0.2) is 18.6 Å². The van der Waals surface area contributed by atoms with Gasteiger partial charge in [-0.15, -0.1) is 0 Å². The fourth-order valence-electron chi connectivity index (χ4n) is 2.71. The van der Waals surface area contributed by atoms with E-state index in [9.17, 15) is 4.79 Å². The van der Waals surface area contributed by atoms with Crippen molar-refractivity contribution in [2.75, 3.05) is 11.9 Å². The van der Waals surface area contributed by atoms with Gasteiger partial charge >= 0.3 is 0 Å². The monoisotopic (exact) mass is 290 g/mol. The molecule has 21 heavy (non-hydrogen) atoms. The Balaban J connectivity index is 1.62. The summed E-state index contributed by atoms with van der Waals surface area (Å²) >= 11 is 0. The smallest absolute Gasteiger partial charge is 0.224 e. The number of hydrogen-bond acceptors (Lipinski definition) is 3. The predicted molar refractivity (Wildman–Crippen MR) is 85.0 cm³/mol. The lowest BCUT2D eigenvalue weighted by Crippen LogP contribution is -2.18. The summed E-state index contributed by atoms with van der Waals surface area (Å²) in [6, 6.07) is 7.66. The van der Waals surface area contributed by atoms with Crippen LogP contribution in [0.3, 0.4) is 0 Å². The summed E-state index contributed by atoms with van der Waals surface area (Å²) in [5.41, 5.74) is 7.43. The van der Waals surface area contributed by atoms with E-state index in [1.54, 1.807) is 0 Å². The van der Waals surface area contributed by atoms with E-state index >= 15 is 0 Å². The molecule has 4 nitrogen and oxygen atoms in total. The highest BCUT2D eigenvalue weighted by atomic mass is 16.5. The van der Waals surface area contributed by atoms with E-state index in [-0.39, 0.29) is 5.91 Å². The van der Waals surface area contributed by atoms with Crippen molar-refractivity contribution in [1.29, 1.82) is 0 Å². The maximum absolute atomic E-state index is 11.9. The molecule has 1 aliphatic rings. The molecular formula is C17H26N2O2. The molecule has 116 valence electrons. The van der Waals surface area contributed by atoms with Gasteiger partial charge in [0.25, 0.3) is 0 Å². The number of nitrogens with two attached hydrogens (primary N) is 1. The van der Waals surface area contributed by atoms with Gasteiger partial charge in [-0.1, -0.05) is 31.4 Å². The summed E-state index contributed by atoms with van der Waals surface area (Å²) in [5.74, 6) is 0.0383. The van der Waals surface area contributed by atoms with Gasteiger partial charge in [0.2, 0.25) is 5.91 Å². The first-order chi connectivity index (χ1) is 10.3. The number of ether oxygens (including phenoxy) is 1. The van der Waals surface area contributed by atoms with Gasteiger partial charge < -0.3 is 15.8 Å². The normalized spacial score (nSPS) is 15.9. The highest BCUT2D eigenvalue weighted by Gasteiger charge is 2.13. The summed E-state index contributed by atoms with van der Waals surface area (Å²) in [6.45, 7) is 1.17. The number of carbonyl (C=O) groups excluding carboxylic acids is 1. The molecule has 0 bridgehead atoms. The molecule has 0 unspecified atom stereocenters. The minimum absolute atomic E-state index is 0.0383. The Morgan fingerprint density at radius 3 is 2.86 bits per heavy atom. The van der Waals surface area contributed by atoms with E-state index in [0.29, 0.717) is 25.7 Å². The third-order valence-corrected chi connectivity index (χ3v) is 3.90. The lowest BCUT2D eigenvalue weighted by molar-refractivity contribution is -0.116. The Kier molecular flexibility index (Phi) is 6.70. The molecule has 0 spiro atoms. The van der Waals surface area contributed by atoms with Crippen LogP contribution in [0.25, 0.3) is 0 Å². The van der Waals surface area contributed by atoms with E-state index in [4.69, 9.17) is 10.5 Å². The highest BCUT2D eigenvalue weighted by molar-refractivity contribution is 5.90. The number of nitrogens with one attached hydrogen (secondary N) is 1. The number of hydrogen-bond donors (Lipinski definition) is 2. The minimum Gasteiger partial charge on any atom is -0.378 e. The number of rotatable bonds is 7. The Labute approximate surface area is 127 Å². The molecule has 4 heteroatoms. The van der Waals surface area contributed by atoms with Gasteiger partial charge in [0, 0.05) is 25.3 Å². The number of carbonyl (C=O) groups is 1. The average Bonchev–Trinajstić information content (AvgIpc) is 2.53. The van der Waals surface area contributed by atoms with E-state index in [0.717, 1.165) is 17.7 Å². The minimum atomic E-state index is 0.0383. The lowest BCUT2D eigenvalue weighted by Gasteiger charge is -2.21. The van der Waals surface area contributed by atoms with E-state index < -0.39 is 0 Å². The molecule has 0 aliphatic heterocycles. The van der Waals surface area contributed by atoms with Crippen LogP contribution in [0.15, 0.2) is 24.3 Å². The Bertz CT molecular complexity index is 442. The van der Waals surface area contributed by atoms with Crippen molar-refractivity contribution in [3.05, 3.63) is 29.8 Å². The van der Waals surface area contributed by atoms with Crippen molar-refractivity contribution < 1.29 is 9.53 Å². The van der Waals surface area contributed by atoms with Crippen molar-refractivity contribution in [3.8, 4) is 0 Å². The second-order valence-electron chi connectivity index (χ2n) is 5.69. The summed E-state index contributed by atoms with van der Waals surface area (Å²) in [4.78, 5) is 11.9. The molecule has 0 heterocycles. The van der Waals surface area contributed by atoms with E-state index in [1.165, 1.54) is 32.1 Å². The van der Waals surface area contributed by atoms with Gasteiger partial charge in [-0.05, 0) is 37.0 Å². The van der Waals surface area contributed by atoms with Crippen molar-refractivity contribution in [1.82, 2.24) is 0 Å². The standard InChI is InChI=1S/C17H26N2O2/c18-13-14-6-4-7-15(12-14)19-17(20)10-5-11-21-16-8-2-1-3-9-16/h4,6-7,12,16H,1-3,5,8-11,13,18H2,(H,19,20). The first-order valence-corrected chi connectivity index (χ1v) is 7.98. The van der Waals surface area contributed by atoms with Crippen LogP contribution in [-0.2, 0) is 16.1 Å². The van der Waals surface area contributed by atoms with Gasteiger partial charge in [-0.2, -0.15) is 0 Å². The van der Waals surface area contributed by atoms with E-state index in [1.807, 2.05) is 24.3 Å². The largest absolute Gasteiger partial charge is 0.378 e. The molecule has 0 aromatic heterocycles. The molecule has 1 amide bonds. The Morgan fingerprint density at radius 1 is 1.29 bits per heavy atom. The van der Waals surface area contributed by atoms with Gasteiger partial charge in [-0.3, -0.25) is 4.79 Å². The van der Waals surface area contributed by atoms with E-state index in [2.05, 4.69) is 5.32 Å². The summed E-state index contributed by atoms with van der Waals surface area (Å²) in [7, 11) is 0. The van der Waals surface area contributed by atoms with Crippen molar-refractivity contribution in [3.63, 3.8) is 0 Å². The number of amides is 1. The summed E-state index contributed by atoms with van der Waals surface area (Å²) in [6.07, 6.45) is 7.95. The fraction of sp³-hybridized carbons (Fsp3) is 0.588. The fourth-order valence-corrected chi connectivity index (χ4v) is 2.71. The van der Waals surface area contributed by atoms with Gasteiger partial charge in [0.15, 0.2) is 0 Å². The summed E-state index contributed by atoms with van der Waals surface area (Å²) < 4.78 is 5.82. The maximum Gasteiger partial charge on any atom is 0.224 e. The predicted octanol–water partition coefficient (Wildman–Crippen LogP) is 3.21. The molecular weight excluding hydrogens is 264 g/mol. The number of anilines is 1. The van der Waals surface area contributed by atoms with Crippen LogP contribution in [0.1, 0.15) is 50.5 Å². The Hall–Kier alpha value is -1.39. The molecule has 1 aliphatic carbocycles. The second-order valence-corrected chi connectivity index (χ2v) is 5.69. The van der Waals surface area contributed by atoms with Gasteiger partial charge in [-0.25, -0.2) is 0 Å². The van der Waals surface area contributed by atoms with Crippen LogP contribution in [0, 0.1) is 0 Å². The first-order valence-electron chi connectivity index (χ1n) is 7.98. The quantitative estimate of drug-likeness (QED) is 0.758. The maximum atomic E-state index is 11.9. The van der Waals surface area contributed by atoms with Crippen LogP contribution in [0.5, 0.6) is 0 Å².